The van der Waals surface area contributed by atoms with Crippen LogP contribution in [-0.4, -0.2) is 7.28 Å². The van der Waals surface area contributed by atoms with E-state index >= 15 is 0 Å². The maximum Gasteiger partial charge on any atom is 0.416 e. The Kier molecular flexibility index (Phi) is 6.89. The van der Waals surface area contributed by atoms with Crippen molar-refractivity contribution in [3.8, 4) is 0 Å². The number of nitrogens with two attached hydrogens (primary N) is 1. The average molecular weight is 453 g/mol. The van der Waals surface area contributed by atoms with Crippen LogP contribution in [0.2, 0.25) is 0 Å². The number of rotatable bonds is 5. The predicted molar refractivity (Wildman–Crippen MR) is 100 cm³/mol. The summed E-state index contributed by atoms with van der Waals surface area (Å²) in [5, 5.41) is 0. The molecule has 0 aliphatic rings. The highest BCUT2D eigenvalue weighted by molar-refractivity contribution is 6.39. The van der Waals surface area contributed by atoms with Crippen LogP contribution in [0.1, 0.15) is 52.1 Å². The maximum atomic E-state index is 13.5. The van der Waals surface area contributed by atoms with E-state index in [0.717, 1.165) is 12.5 Å². The smallest absolute Gasteiger partial charge is 0.331 e. The number of alkyl halides is 9. The Balaban J connectivity index is 2.59. The highest BCUT2D eigenvalue weighted by Gasteiger charge is 2.45. The second-order valence-corrected chi connectivity index (χ2v) is 7.09. The average Bonchev–Trinajstić information content (AvgIpc) is 2.64. The molecule has 0 fully saturated rings. The van der Waals surface area contributed by atoms with Crippen molar-refractivity contribution in [3.05, 3.63) is 76.4 Å². The van der Waals surface area contributed by atoms with Gasteiger partial charge in [0.2, 0.25) is 0 Å². The molecule has 2 unspecified atom stereocenters. The third-order valence-corrected chi connectivity index (χ3v) is 4.82. The van der Waals surface area contributed by atoms with E-state index in [0.29, 0.717) is 5.56 Å². The molecule has 0 bridgehead atoms. The van der Waals surface area contributed by atoms with Crippen LogP contribution < -0.4 is 5.73 Å². The van der Waals surface area contributed by atoms with Crippen molar-refractivity contribution in [2.24, 2.45) is 5.73 Å². The van der Waals surface area contributed by atoms with Gasteiger partial charge in [0, 0.05) is 5.94 Å². The van der Waals surface area contributed by atoms with Crippen molar-refractivity contribution in [1.29, 1.82) is 0 Å². The van der Waals surface area contributed by atoms with Gasteiger partial charge < -0.3 is 5.73 Å². The lowest BCUT2D eigenvalue weighted by Crippen LogP contribution is -2.27. The van der Waals surface area contributed by atoms with Gasteiger partial charge in [-0.25, -0.2) is 0 Å². The first-order valence-electron chi connectivity index (χ1n) is 8.93. The SMILES string of the molecule is C=Cc1ccc(C(N)BC(C)c2c(C(F)(F)F)cc(C(F)(F)F)cc2C(F)(F)F)cc1. The lowest BCUT2D eigenvalue weighted by molar-refractivity contribution is -0.149. The van der Waals surface area contributed by atoms with Gasteiger partial charge in [-0.15, -0.1) is 0 Å². The molecule has 2 atom stereocenters. The Morgan fingerprint density at radius 2 is 1.29 bits per heavy atom. The van der Waals surface area contributed by atoms with Crippen LogP contribution >= 0.6 is 0 Å². The molecule has 0 saturated carbocycles. The van der Waals surface area contributed by atoms with Gasteiger partial charge in [0.25, 0.3) is 0 Å². The van der Waals surface area contributed by atoms with Gasteiger partial charge >= 0.3 is 18.5 Å². The number of hydrogen-bond acceptors (Lipinski definition) is 1. The lowest BCUT2D eigenvalue weighted by atomic mass is 9.54. The van der Waals surface area contributed by atoms with E-state index in [4.69, 9.17) is 5.73 Å². The zero-order valence-electron chi connectivity index (χ0n) is 16.1. The first-order valence-corrected chi connectivity index (χ1v) is 8.93. The largest absolute Gasteiger partial charge is 0.416 e. The van der Waals surface area contributed by atoms with Gasteiger partial charge in [-0.3, -0.25) is 0 Å². The van der Waals surface area contributed by atoms with E-state index in [1.54, 1.807) is 24.3 Å². The van der Waals surface area contributed by atoms with Gasteiger partial charge in [0.1, 0.15) is 0 Å². The molecule has 2 aromatic carbocycles. The fourth-order valence-electron chi connectivity index (χ4n) is 3.33. The minimum absolute atomic E-state index is 0.286. The maximum absolute atomic E-state index is 13.5. The van der Waals surface area contributed by atoms with Gasteiger partial charge in [0.15, 0.2) is 7.28 Å². The number of benzene rings is 2. The summed E-state index contributed by atoms with van der Waals surface area (Å²) < 4.78 is 120. The fraction of sp³-hybridized carbons (Fsp3) is 0.300. The molecule has 2 rings (SSSR count). The Hall–Kier alpha value is -2.43. The summed E-state index contributed by atoms with van der Waals surface area (Å²) in [6.45, 7) is 4.63. The fourth-order valence-corrected chi connectivity index (χ4v) is 3.33. The van der Waals surface area contributed by atoms with Crippen LogP contribution in [0, 0.1) is 0 Å². The van der Waals surface area contributed by atoms with Gasteiger partial charge in [-0.05, 0) is 34.6 Å². The summed E-state index contributed by atoms with van der Waals surface area (Å²) in [6.07, 6.45) is -14.7. The first kappa shape index (κ1) is 24.8. The zero-order valence-corrected chi connectivity index (χ0v) is 16.1. The third kappa shape index (κ3) is 5.84. The molecule has 0 amide bonds. The number of hydrogen-bond donors (Lipinski definition) is 1. The van der Waals surface area contributed by atoms with Crippen molar-refractivity contribution in [2.45, 2.75) is 37.2 Å². The molecule has 0 spiro atoms. The highest BCUT2D eigenvalue weighted by Crippen LogP contribution is 2.46. The Labute approximate surface area is 173 Å². The summed E-state index contributed by atoms with van der Waals surface area (Å²) in [7, 11) is -0.356. The van der Waals surface area contributed by atoms with E-state index in [9.17, 15) is 39.5 Å². The molecule has 0 radical (unpaired) electrons. The molecular weight excluding hydrogens is 436 g/mol. The third-order valence-electron chi connectivity index (χ3n) is 4.82. The molecule has 0 aromatic heterocycles. The van der Waals surface area contributed by atoms with Gasteiger partial charge in [-0.1, -0.05) is 43.8 Å². The van der Waals surface area contributed by atoms with Crippen molar-refractivity contribution in [3.63, 3.8) is 0 Å². The molecule has 31 heavy (non-hydrogen) atoms. The monoisotopic (exact) mass is 453 g/mol. The summed E-state index contributed by atoms with van der Waals surface area (Å²) in [4.78, 5) is 0. The Morgan fingerprint density at radius 1 is 0.839 bits per heavy atom. The van der Waals surface area contributed by atoms with Gasteiger partial charge in [0.05, 0.1) is 16.7 Å². The lowest BCUT2D eigenvalue weighted by Gasteiger charge is -2.26. The molecule has 0 aliphatic heterocycles. The van der Waals surface area contributed by atoms with Crippen LogP contribution in [0.4, 0.5) is 39.5 Å². The molecule has 1 nitrogen and oxygen atoms in total. The quantitative estimate of drug-likeness (QED) is 0.404. The summed E-state index contributed by atoms with van der Waals surface area (Å²) in [6, 6.07) is 5.77. The van der Waals surface area contributed by atoms with Crippen molar-refractivity contribution in [2.75, 3.05) is 0 Å². The van der Waals surface area contributed by atoms with Crippen molar-refractivity contribution < 1.29 is 39.5 Å². The molecule has 11 heteroatoms. The topological polar surface area (TPSA) is 26.0 Å². The van der Waals surface area contributed by atoms with E-state index in [1.165, 1.54) is 6.08 Å². The molecule has 0 heterocycles. The minimum atomic E-state index is -5.43. The minimum Gasteiger partial charge on any atom is -0.331 e. The summed E-state index contributed by atoms with van der Waals surface area (Å²) in [5.74, 6) is -2.39. The highest BCUT2D eigenvalue weighted by atomic mass is 19.4. The standard InChI is InChI=1S/C20H17BF9N/c1-3-11-4-6-12(7-5-11)17(31)21-10(2)16-14(19(25,26)27)8-13(18(22,23)24)9-15(16)20(28,29)30/h3-10,17,21H,1,31H2,2H3. The van der Waals surface area contributed by atoms with Crippen LogP contribution in [0.15, 0.2) is 43.0 Å². The van der Waals surface area contributed by atoms with E-state index in [2.05, 4.69) is 6.58 Å². The van der Waals surface area contributed by atoms with E-state index in [-0.39, 0.29) is 19.4 Å². The Morgan fingerprint density at radius 3 is 1.65 bits per heavy atom. The van der Waals surface area contributed by atoms with Crippen LogP contribution in [-0.2, 0) is 18.5 Å². The van der Waals surface area contributed by atoms with Gasteiger partial charge in [-0.2, -0.15) is 39.5 Å². The van der Waals surface area contributed by atoms with Crippen LogP contribution in [0.5, 0.6) is 0 Å². The molecule has 2 aromatic rings. The van der Waals surface area contributed by atoms with E-state index in [1.807, 2.05) is 0 Å². The van der Waals surface area contributed by atoms with Crippen LogP contribution in [0.3, 0.4) is 0 Å². The zero-order chi connectivity index (χ0) is 23.8. The van der Waals surface area contributed by atoms with Crippen molar-refractivity contribution >= 4 is 13.4 Å². The molecule has 168 valence electrons. The first-order chi connectivity index (χ1) is 14.1. The normalized spacial score (nSPS) is 14.8. The van der Waals surface area contributed by atoms with E-state index < -0.39 is 52.5 Å². The predicted octanol–water partition coefficient (Wildman–Crippen LogP) is 6.54. The molecule has 0 aliphatic carbocycles. The summed E-state index contributed by atoms with van der Waals surface area (Å²) in [5.41, 5.74) is -0.0787. The second kappa shape index (κ2) is 8.60. The molecule has 2 N–H and O–H groups in total. The number of halogens is 9. The molecular formula is C20H17BF9N. The summed E-state index contributed by atoms with van der Waals surface area (Å²) >= 11 is 0. The Bertz CT molecular complexity index is 893. The second-order valence-electron chi connectivity index (χ2n) is 7.09. The van der Waals surface area contributed by atoms with Crippen LogP contribution in [0.25, 0.3) is 6.08 Å². The molecule has 0 saturated heterocycles. The van der Waals surface area contributed by atoms with Crippen molar-refractivity contribution in [1.82, 2.24) is 0 Å².